The number of aryl methyl sites for hydroxylation is 1. The lowest BCUT2D eigenvalue weighted by atomic mass is 9.99. The molecule has 0 bridgehead atoms. The maximum absolute atomic E-state index is 13.1. The van der Waals surface area contributed by atoms with Gasteiger partial charge in [0, 0.05) is 34.6 Å². The molecule has 1 amide bonds. The summed E-state index contributed by atoms with van der Waals surface area (Å²) in [6, 6.07) is 11.2. The van der Waals surface area contributed by atoms with Gasteiger partial charge in [-0.3, -0.25) is 25.2 Å². The Balaban J connectivity index is 1.33. The topological polar surface area (TPSA) is 128 Å². The van der Waals surface area contributed by atoms with Crippen molar-refractivity contribution in [3.63, 3.8) is 0 Å². The van der Waals surface area contributed by atoms with Gasteiger partial charge in [0.2, 0.25) is 5.13 Å². The van der Waals surface area contributed by atoms with Gasteiger partial charge in [0.1, 0.15) is 12.4 Å². The fourth-order valence-corrected chi connectivity index (χ4v) is 4.07. The van der Waals surface area contributed by atoms with Gasteiger partial charge in [-0.05, 0) is 36.5 Å². The first-order valence-electron chi connectivity index (χ1n) is 10.3. The number of methoxy groups -OCH3 is 1. The van der Waals surface area contributed by atoms with Crippen molar-refractivity contribution in [3.05, 3.63) is 71.9 Å². The van der Waals surface area contributed by atoms with Crippen LogP contribution in [0, 0.1) is 6.92 Å². The Hall–Kier alpha value is -4.38. The van der Waals surface area contributed by atoms with E-state index in [1.165, 1.54) is 0 Å². The summed E-state index contributed by atoms with van der Waals surface area (Å²) in [5.74, 6) is 0.302. The molecule has 4 heterocycles. The zero-order valence-electron chi connectivity index (χ0n) is 18.3. The second-order valence-corrected chi connectivity index (χ2v) is 8.22. The van der Waals surface area contributed by atoms with Crippen LogP contribution in [-0.2, 0) is 6.61 Å². The molecule has 1 aromatic carbocycles. The average Bonchev–Trinajstić information content (AvgIpc) is 3.52. The van der Waals surface area contributed by atoms with Crippen LogP contribution in [0.4, 0.5) is 5.13 Å². The molecule has 5 rings (SSSR count). The predicted molar refractivity (Wildman–Crippen MR) is 127 cm³/mol. The van der Waals surface area contributed by atoms with Gasteiger partial charge >= 0.3 is 0 Å². The normalized spacial score (nSPS) is 10.9. The van der Waals surface area contributed by atoms with Crippen LogP contribution in [0.2, 0.25) is 0 Å². The summed E-state index contributed by atoms with van der Waals surface area (Å²) in [5.41, 5.74) is 4.27. The Kier molecular flexibility index (Phi) is 5.83. The third kappa shape index (κ3) is 4.28. The van der Waals surface area contributed by atoms with E-state index >= 15 is 0 Å². The van der Waals surface area contributed by atoms with Crippen LogP contribution in [0.3, 0.4) is 0 Å². The van der Waals surface area contributed by atoms with Gasteiger partial charge in [0.15, 0.2) is 0 Å². The molecule has 0 aliphatic carbocycles. The number of hydrogen-bond donors (Lipinski definition) is 2. The van der Waals surface area contributed by atoms with E-state index in [2.05, 4.69) is 35.7 Å². The number of aromatic nitrogens is 6. The molecule has 34 heavy (non-hydrogen) atoms. The van der Waals surface area contributed by atoms with E-state index in [9.17, 15) is 4.79 Å². The first kappa shape index (κ1) is 21.5. The maximum atomic E-state index is 13.1. The number of H-pyrrole nitrogens is 1. The van der Waals surface area contributed by atoms with E-state index in [0.29, 0.717) is 27.2 Å². The quantitative estimate of drug-likeness (QED) is 0.363. The Morgan fingerprint density at radius 2 is 2.00 bits per heavy atom. The zero-order chi connectivity index (χ0) is 23.5. The molecule has 10 nitrogen and oxygen atoms in total. The van der Waals surface area contributed by atoms with Crippen LogP contribution in [0.25, 0.3) is 22.0 Å². The van der Waals surface area contributed by atoms with Crippen LogP contribution in [0.1, 0.15) is 21.7 Å². The summed E-state index contributed by atoms with van der Waals surface area (Å²) in [5, 5.41) is 19.2. The van der Waals surface area contributed by atoms with Crippen molar-refractivity contribution in [3.8, 4) is 22.1 Å². The lowest BCUT2D eigenvalue weighted by Gasteiger charge is -2.13. The van der Waals surface area contributed by atoms with Crippen LogP contribution in [0.15, 0.2) is 55.0 Å². The number of para-hydroxylation sites is 1. The first-order chi connectivity index (χ1) is 16.6. The van der Waals surface area contributed by atoms with E-state index in [1.807, 2.05) is 43.3 Å². The van der Waals surface area contributed by atoms with E-state index in [0.717, 1.165) is 39.2 Å². The summed E-state index contributed by atoms with van der Waals surface area (Å²) >= 11 is 1.12. The van der Waals surface area contributed by atoms with E-state index in [1.54, 1.807) is 25.7 Å². The van der Waals surface area contributed by atoms with Crippen LogP contribution in [0.5, 0.6) is 10.9 Å². The van der Waals surface area contributed by atoms with Crippen molar-refractivity contribution in [1.29, 1.82) is 0 Å². The van der Waals surface area contributed by atoms with Gasteiger partial charge in [-0.15, -0.1) is 5.10 Å². The number of fused-ring (bicyclic) bond motifs is 1. The lowest BCUT2D eigenvalue weighted by Crippen LogP contribution is -2.14. The Bertz CT molecular complexity index is 1480. The number of ether oxygens (including phenoxy) is 2. The van der Waals surface area contributed by atoms with Crippen LogP contribution < -0.4 is 14.8 Å². The standard InChI is InChI=1S/C23H19N7O3S/c1-13-9-15(14-5-3-4-6-20(14)32-2)16(10-25-13)21(31)27-22-29-30-23(34-22)33-12-19-17-11-26-28-18(17)7-8-24-19/h3-11H,12H2,1-2H3,(H,26,28)(H,27,29,31). The number of aromatic amines is 1. The summed E-state index contributed by atoms with van der Waals surface area (Å²) in [6.45, 7) is 2.06. The van der Waals surface area contributed by atoms with E-state index < -0.39 is 0 Å². The third-order valence-electron chi connectivity index (χ3n) is 5.09. The van der Waals surface area contributed by atoms with Gasteiger partial charge in [0.25, 0.3) is 11.1 Å². The SMILES string of the molecule is COc1ccccc1-c1cc(C)ncc1C(=O)Nc1nnc(OCc2nccc3[nH]ncc23)s1. The summed E-state index contributed by atoms with van der Waals surface area (Å²) in [7, 11) is 1.60. The van der Waals surface area contributed by atoms with Crippen molar-refractivity contribution >= 4 is 33.3 Å². The molecule has 11 heteroatoms. The number of pyridine rings is 2. The summed E-state index contributed by atoms with van der Waals surface area (Å²) < 4.78 is 11.2. The summed E-state index contributed by atoms with van der Waals surface area (Å²) in [6.07, 6.45) is 4.92. The predicted octanol–water partition coefficient (Wildman–Crippen LogP) is 4.02. The molecular formula is C23H19N7O3S. The minimum absolute atomic E-state index is 0.194. The van der Waals surface area contributed by atoms with Crippen molar-refractivity contribution in [2.75, 3.05) is 12.4 Å². The van der Waals surface area contributed by atoms with Gasteiger partial charge in [-0.2, -0.15) is 5.10 Å². The van der Waals surface area contributed by atoms with Crippen molar-refractivity contribution < 1.29 is 14.3 Å². The molecule has 0 saturated carbocycles. The molecule has 0 radical (unpaired) electrons. The third-order valence-corrected chi connectivity index (χ3v) is 5.84. The van der Waals surface area contributed by atoms with Crippen molar-refractivity contribution in [2.45, 2.75) is 13.5 Å². The fourth-order valence-electron chi connectivity index (χ4n) is 3.48. The number of carbonyl (C=O) groups is 1. The molecule has 0 saturated heterocycles. The highest BCUT2D eigenvalue weighted by atomic mass is 32.1. The van der Waals surface area contributed by atoms with Gasteiger partial charge in [0.05, 0.1) is 30.1 Å². The molecular weight excluding hydrogens is 454 g/mol. The van der Waals surface area contributed by atoms with Crippen molar-refractivity contribution in [1.82, 2.24) is 30.4 Å². The summed E-state index contributed by atoms with van der Waals surface area (Å²) in [4.78, 5) is 21.7. The number of nitrogens with zero attached hydrogens (tertiary/aromatic N) is 5. The molecule has 0 fully saturated rings. The first-order valence-corrected chi connectivity index (χ1v) is 11.1. The molecule has 4 aromatic heterocycles. The fraction of sp³-hybridized carbons (Fsp3) is 0.130. The minimum atomic E-state index is -0.360. The van der Waals surface area contributed by atoms with Crippen molar-refractivity contribution in [2.24, 2.45) is 0 Å². The van der Waals surface area contributed by atoms with Crippen LogP contribution in [-0.4, -0.2) is 43.4 Å². The molecule has 0 aliphatic heterocycles. The maximum Gasteiger partial charge on any atom is 0.296 e. The number of nitrogens with one attached hydrogen (secondary N) is 2. The highest BCUT2D eigenvalue weighted by molar-refractivity contribution is 7.17. The van der Waals surface area contributed by atoms with Crippen LogP contribution >= 0.6 is 11.3 Å². The van der Waals surface area contributed by atoms with E-state index in [-0.39, 0.29) is 12.5 Å². The molecule has 0 atom stereocenters. The molecule has 2 N–H and O–H groups in total. The van der Waals surface area contributed by atoms with Gasteiger partial charge < -0.3 is 9.47 Å². The Morgan fingerprint density at radius 3 is 2.88 bits per heavy atom. The molecule has 0 spiro atoms. The molecule has 5 aromatic rings. The second kappa shape index (κ2) is 9.24. The molecule has 0 unspecified atom stereocenters. The number of hydrogen-bond acceptors (Lipinski definition) is 9. The lowest BCUT2D eigenvalue weighted by molar-refractivity contribution is 0.102. The number of anilines is 1. The highest BCUT2D eigenvalue weighted by Gasteiger charge is 2.19. The second-order valence-electron chi connectivity index (χ2n) is 7.28. The minimum Gasteiger partial charge on any atom is -0.496 e. The number of carbonyl (C=O) groups excluding carboxylic acids is 1. The largest absolute Gasteiger partial charge is 0.496 e. The van der Waals surface area contributed by atoms with Gasteiger partial charge in [-0.1, -0.05) is 23.3 Å². The Morgan fingerprint density at radius 1 is 1.12 bits per heavy atom. The number of rotatable bonds is 7. The smallest absolute Gasteiger partial charge is 0.296 e. The van der Waals surface area contributed by atoms with Gasteiger partial charge in [-0.25, -0.2) is 0 Å². The number of amides is 1. The Labute approximate surface area is 198 Å². The monoisotopic (exact) mass is 473 g/mol. The zero-order valence-corrected chi connectivity index (χ0v) is 19.1. The number of benzene rings is 1. The highest BCUT2D eigenvalue weighted by Crippen LogP contribution is 2.33. The average molecular weight is 474 g/mol. The molecule has 0 aliphatic rings. The van der Waals surface area contributed by atoms with E-state index in [4.69, 9.17) is 9.47 Å². The molecule has 170 valence electrons.